The summed E-state index contributed by atoms with van der Waals surface area (Å²) in [5.41, 5.74) is 2.02. The van der Waals surface area contributed by atoms with Crippen molar-refractivity contribution in [3.05, 3.63) is 94.0 Å². The highest BCUT2D eigenvalue weighted by molar-refractivity contribution is 7.80. The number of ether oxygens (including phenoxy) is 1. The van der Waals surface area contributed by atoms with Crippen molar-refractivity contribution in [1.82, 2.24) is 5.32 Å². The Morgan fingerprint density at radius 2 is 1.75 bits per heavy atom. The number of amides is 1. The standard InChI is InChI=1S/C21H16Cl2N2O2S/c22-16-9-10-19(18(23)12-16)24-21(28)25-20(26)15-7-4-8-17(11-15)27-13-14-5-2-1-3-6-14/h1-12H,13H2,(H2,24,25,26,28). The van der Waals surface area contributed by atoms with Crippen LogP contribution in [0.3, 0.4) is 0 Å². The van der Waals surface area contributed by atoms with Crippen molar-refractivity contribution >= 4 is 52.1 Å². The van der Waals surface area contributed by atoms with E-state index in [0.717, 1.165) is 5.56 Å². The molecule has 2 N–H and O–H groups in total. The average molecular weight is 431 g/mol. The second-order valence-corrected chi connectivity index (χ2v) is 7.09. The zero-order valence-electron chi connectivity index (χ0n) is 14.6. The van der Waals surface area contributed by atoms with Gasteiger partial charge in [-0.25, -0.2) is 0 Å². The molecule has 0 atom stereocenters. The predicted molar refractivity (Wildman–Crippen MR) is 117 cm³/mol. The number of rotatable bonds is 5. The number of hydrogen-bond acceptors (Lipinski definition) is 3. The lowest BCUT2D eigenvalue weighted by atomic mass is 10.2. The molecule has 0 aliphatic heterocycles. The van der Waals surface area contributed by atoms with Crippen molar-refractivity contribution < 1.29 is 9.53 Å². The summed E-state index contributed by atoms with van der Waals surface area (Å²) in [7, 11) is 0. The van der Waals surface area contributed by atoms with Crippen molar-refractivity contribution in [3.8, 4) is 5.75 Å². The lowest BCUT2D eigenvalue weighted by molar-refractivity contribution is 0.0977. The SMILES string of the molecule is O=C(NC(=S)Nc1ccc(Cl)cc1Cl)c1cccc(OCc2ccccc2)c1. The van der Waals surface area contributed by atoms with Gasteiger partial charge in [0.25, 0.3) is 5.91 Å². The van der Waals surface area contributed by atoms with E-state index in [0.29, 0.717) is 33.7 Å². The van der Waals surface area contributed by atoms with Gasteiger partial charge in [-0.15, -0.1) is 0 Å². The van der Waals surface area contributed by atoms with Gasteiger partial charge in [-0.3, -0.25) is 10.1 Å². The molecule has 0 bridgehead atoms. The molecule has 0 aliphatic carbocycles. The number of nitrogens with one attached hydrogen (secondary N) is 2. The van der Waals surface area contributed by atoms with Crippen LogP contribution in [-0.4, -0.2) is 11.0 Å². The first-order chi connectivity index (χ1) is 13.5. The molecule has 7 heteroatoms. The van der Waals surface area contributed by atoms with Crippen LogP contribution in [0.15, 0.2) is 72.8 Å². The fraction of sp³-hybridized carbons (Fsp3) is 0.0476. The average Bonchev–Trinajstić information content (AvgIpc) is 2.69. The van der Waals surface area contributed by atoms with Gasteiger partial charge in [-0.2, -0.15) is 0 Å². The first-order valence-corrected chi connectivity index (χ1v) is 9.52. The van der Waals surface area contributed by atoms with Crippen molar-refractivity contribution in [3.63, 3.8) is 0 Å². The van der Waals surface area contributed by atoms with Crippen molar-refractivity contribution in [2.24, 2.45) is 0 Å². The summed E-state index contributed by atoms with van der Waals surface area (Å²) >= 11 is 17.2. The summed E-state index contributed by atoms with van der Waals surface area (Å²) in [4.78, 5) is 12.5. The predicted octanol–water partition coefficient (Wildman–Crippen LogP) is 5.70. The molecule has 0 fully saturated rings. The monoisotopic (exact) mass is 430 g/mol. The number of thiocarbonyl (C=S) groups is 1. The van der Waals surface area contributed by atoms with E-state index in [2.05, 4.69) is 10.6 Å². The minimum absolute atomic E-state index is 0.129. The maximum absolute atomic E-state index is 12.5. The third-order valence-corrected chi connectivity index (χ3v) is 4.50. The molecule has 142 valence electrons. The Bertz CT molecular complexity index is 997. The molecule has 1 amide bonds. The first-order valence-electron chi connectivity index (χ1n) is 8.35. The van der Waals surface area contributed by atoms with Crippen LogP contribution in [0, 0.1) is 0 Å². The Labute approximate surface area is 178 Å². The smallest absolute Gasteiger partial charge is 0.257 e. The minimum atomic E-state index is -0.354. The number of hydrogen-bond donors (Lipinski definition) is 2. The normalized spacial score (nSPS) is 10.2. The van der Waals surface area contributed by atoms with E-state index >= 15 is 0 Å². The lowest BCUT2D eigenvalue weighted by Crippen LogP contribution is -2.34. The number of carbonyl (C=O) groups excluding carboxylic acids is 1. The van der Waals surface area contributed by atoms with Gasteiger partial charge in [-0.1, -0.05) is 59.6 Å². The summed E-state index contributed by atoms with van der Waals surface area (Å²) in [5, 5.41) is 6.54. The highest BCUT2D eigenvalue weighted by Gasteiger charge is 2.10. The van der Waals surface area contributed by atoms with Gasteiger partial charge in [0.1, 0.15) is 12.4 Å². The Balaban J connectivity index is 1.60. The van der Waals surface area contributed by atoms with Crippen LogP contribution in [0.25, 0.3) is 0 Å². The lowest BCUT2D eigenvalue weighted by Gasteiger charge is -2.12. The molecule has 0 aromatic heterocycles. The maximum atomic E-state index is 12.5. The Morgan fingerprint density at radius 1 is 0.964 bits per heavy atom. The van der Waals surface area contributed by atoms with Crippen LogP contribution in [0.1, 0.15) is 15.9 Å². The third kappa shape index (κ3) is 5.70. The van der Waals surface area contributed by atoms with Crippen LogP contribution < -0.4 is 15.4 Å². The topological polar surface area (TPSA) is 50.4 Å². The highest BCUT2D eigenvalue weighted by atomic mass is 35.5. The zero-order chi connectivity index (χ0) is 19.9. The fourth-order valence-electron chi connectivity index (χ4n) is 2.39. The van der Waals surface area contributed by atoms with Crippen LogP contribution >= 0.6 is 35.4 Å². The summed E-state index contributed by atoms with van der Waals surface area (Å²) in [6.45, 7) is 0.418. The van der Waals surface area contributed by atoms with E-state index in [1.807, 2.05) is 30.3 Å². The molecule has 0 aliphatic rings. The molecular weight excluding hydrogens is 415 g/mol. The van der Waals surface area contributed by atoms with Gasteiger partial charge in [0.15, 0.2) is 5.11 Å². The molecule has 3 rings (SSSR count). The zero-order valence-corrected chi connectivity index (χ0v) is 16.9. The van der Waals surface area contributed by atoms with E-state index < -0.39 is 0 Å². The summed E-state index contributed by atoms with van der Waals surface area (Å²) < 4.78 is 5.75. The Hall–Kier alpha value is -2.60. The molecule has 3 aromatic rings. The van der Waals surface area contributed by atoms with Crippen molar-refractivity contribution in [2.75, 3.05) is 5.32 Å². The molecule has 28 heavy (non-hydrogen) atoms. The van der Waals surface area contributed by atoms with E-state index in [1.165, 1.54) is 0 Å². The van der Waals surface area contributed by atoms with Crippen molar-refractivity contribution in [2.45, 2.75) is 6.61 Å². The van der Waals surface area contributed by atoms with E-state index in [9.17, 15) is 4.79 Å². The third-order valence-electron chi connectivity index (χ3n) is 3.75. The van der Waals surface area contributed by atoms with E-state index in [-0.39, 0.29) is 11.0 Å². The van der Waals surface area contributed by atoms with Gasteiger partial charge in [0.2, 0.25) is 0 Å². The molecule has 0 radical (unpaired) electrons. The maximum Gasteiger partial charge on any atom is 0.257 e. The van der Waals surface area contributed by atoms with Gasteiger partial charge in [0.05, 0.1) is 10.7 Å². The molecule has 0 heterocycles. The molecule has 0 saturated carbocycles. The molecule has 0 unspecified atom stereocenters. The van der Waals surface area contributed by atoms with Crippen LogP contribution in [0.5, 0.6) is 5.75 Å². The summed E-state index contributed by atoms with van der Waals surface area (Å²) in [6, 6.07) is 21.6. The Morgan fingerprint density at radius 3 is 2.50 bits per heavy atom. The number of carbonyl (C=O) groups is 1. The number of halogens is 2. The molecule has 4 nitrogen and oxygen atoms in total. The molecule has 0 saturated heterocycles. The van der Waals surface area contributed by atoms with Crippen LogP contribution in [0.4, 0.5) is 5.69 Å². The molecule has 0 spiro atoms. The quantitative estimate of drug-likeness (QED) is 0.509. The minimum Gasteiger partial charge on any atom is -0.489 e. The summed E-state index contributed by atoms with van der Waals surface area (Å²) in [5.74, 6) is 0.240. The van der Waals surface area contributed by atoms with Gasteiger partial charge in [0, 0.05) is 10.6 Å². The van der Waals surface area contributed by atoms with Gasteiger partial charge in [-0.05, 0) is 54.2 Å². The Kier molecular flexibility index (Phi) is 6.87. The van der Waals surface area contributed by atoms with Crippen molar-refractivity contribution in [1.29, 1.82) is 0 Å². The second-order valence-electron chi connectivity index (χ2n) is 5.83. The largest absolute Gasteiger partial charge is 0.489 e. The van der Waals surface area contributed by atoms with E-state index in [4.69, 9.17) is 40.2 Å². The number of anilines is 1. The molecule has 3 aromatic carbocycles. The van der Waals surface area contributed by atoms with E-state index in [1.54, 1.807) is 42.5 Å². The van der Waals surface area contributed by atoms with Gasteiger partial charge < -0.3 is 10.1 Å². The highest BCUT2D eigenvalue weighted by Crippen LogP contribution is 2.25. The van der Waals surface area contributed by atoms with Gasteiger partial charge >= 0.3 is 0 Å². The second kappa shape index (κ2) is 9.55. The fourth-order valence-corrected chi connectivity index (χ4v) is 3.05. The summed E-state index contributed by atoms with van der Waals surface area (Å²) in [6.07, 6.45) is 0. The number of benzene rings is 3. The van der Waals surface area contributed by atoms with Crippen LogP contribution in [0.2, 0.25) is 10.0 Å². The first kappa shape index (κ1) is 20.1. The van der Waals surface area contributed by atoms with Crippen LogP contribution in [-0.2, 0) is 6.61 Å². The molecular formula is C21H16Cl2N2O2S.